The third-order valence-corrected chi connectivity index (χ3v) is 2.75. The Balaban J connectivity index is 2.88. The largest absolute Gasteiger partial charge is 0.314 e. The van der Waals surface area contributed by atoms with Crippen LogP contribution >= 0.6 is 0 Å². The van der Waals surface area contributed by atoms with Crippen molar-refractivity contribution in [2.75, 3.05) is 6.54 Å². The van der Waals surface area contributed by atoms with Crippen LogP contribution in [0.1, 0.15) is 26.5 Å². The van der Waals surface area contributed by atoms with Crippen LogP contribution in [0.15, 0.2) is 18.3 Å². The molecule has 1 rings (SSSR count). The Kier molecular flexibility index (Phi) is 5.03. The van der Waals surface area contributed by atoms with Gasteiger partial charge in [-0.1, -0.05) is 20.8 Å². The van der Waals surface area contributed by atoms with Crippen LogP contribution in [0.25, 0.3) is 0 Å². The van der Waals surface area contributed by atoms with E-state index in [1.165, 1.54) is 6.07 Å². The van der Waals surface area contributed by atoms with E-state index in [-0.39, 0.29) is 16.7 Å². The maximum atomic E-state index is 10.9. The molecule has 1 aromatic rings. The van der Waals surface area contributed by atoms with Crippen molar-refractivity contribution in [1.82, 2.24) is 10.3 Å². The molecule has 0 amide bonds. The predicted octanol–water partition coefficient (Wildman–Crippen LogP) is 2.17. The molecule has 1 atom stereocenters. The molecular formula is C12H19N3O2. The Bertz CT molecular complexity index is 380. The highest BCUT2D eigenvalue weighted by atomic mass is 16.6. The van der Waals surface area contributed by atoms with Crippen LogP contribution in [0.5, 0.6) is 0 Å². The molecule has 5 nitrogen and oxygen atoms in total. The van der Waals surface area contributed by atoms with Gasteiger partial charge < -0.3 is 5.32 Å². The number of aromatic nitrogens is 1. The van der Waals surface area contributed by atoms with Gasteiger partial charge in [-0.25, -0.2) is 0 Å². The van der Waals surface area contributed by atoms with Crippen LogP contribution in [-0.4, -0.2) is 22.5 Å². The lowest BCUT2D eigenvalue weighted by molar-refractivity contribution is -0.386. The van der Waals surface area contributed by atoms with Gasteiger partial charge in [0.1, 0.15) is 5.69 Å². The number of nitrogens with zero attached hydrogens (tertiary/aromatic N) is 2. The van der Waals surface area contributed by atoms with Crippen LogP contribution in [0.2, 0.25) is 0 Å². The minimum absolute atomic E-state index is 0.107. The third-order valence-electron chi connectivity index (χ3n) is 2.75. The van der Waals surface area contributed by atoms with Crippen molar-refractivity contribution in [2.45, 2.75) is 33.2 Å². The van der Waals surface area contributed by atoms with Crippen LogP contribution < -0.4 is 5.32 Å². The normalized spacial score (nSPS) is 12.7. The topological polar surface area (TPSA) is 68.1 Å². The minimum Gasteiger partial charge on any atom is -0.314 e. The van der Waals surface area contributed by atoms with Crippen molar-refractivity contribution in [3.8, 4) is 0 Å². The summed E-state index contributed by atoms with van der Waals surface area (Å²) in [6.45, 7) is 7.08. The molecular weight excluding hydrogens is 218 g/mol. The van der Waals surface area contributed by atoms with E-state index in [9.17, 15) is 10.1 Å². The molecule has 1 N–H and O–H groups in total. The molecule has 0 fully saturated rings. The number of hydrogen-bond donors (Lipinski definition) is 1. The second kappa shape index (κ2) is 6.30. The lowest BCUT2D eigenvalue weighted by Crippen LogP contribution is -2.36. The van der Waals surface area contributed by atoms with Crippen LogP contribution in [0.3, 0.4) is 0 Å². The lowest BCUT2D eigenvalue weighted by Gasteiger charge is -2.21. The third kappa shape index (κ3) is 3.78. The first kappa shape index (κ1) is 13.6. The molecule has 1 unspecified atom stereocenters. The van der Waals surface area contributed by atoms with Gasteiger partial charge in [0.15, 0.2) is 0 Å². The van der Waals surface area contributed by atoms with E-state index in [2.05, 4.69) is 24.1 Å². The Labute approximate surface area is 101 Å². The van der Waals surface area contributed by atoms with Gasteiger partial charge in [0.2, 0.25) is 0 Å². The van der Waals surface area contributed by atoms with E-state index in [0.29, 0.717) is 18.0 Å². The van der Waals surface area contributed by atoms with E-state index >= 15 is 0 Å². The van der Waals surface area contributed by atoms with Gasteiger partial charge in [0, 0.05) is 24.7 Å². The van der Waals surface area contributed by atoms with Gasteiger partial charge in [0.05, 0.1) is 4.92 Å². The fraction of sp³-hybridized carbons (Fsp3) is 0.583. The summed E-state index contributed by atoms with van der Waals surface area (Å²) < 4.78 is 0. The highest BCUT2D eigenvalue weighted by Gasteiger charge is 2.20. The molecule has 5 heteroatoms. The molecule has 0 aliphatic carbocycles. The summed E-state index contributed by atoms with van der Waals surface area (Å²) >= 11 is 0. The van der Waals surface area contributed by atoms with Gasteiger partial charge in [0.25, 0.3) is 5.69 Å². The van der Waals surface area contributed by atoms with Gasteiger partial charge in [-0.2, -0.15) is 0 Å². The summed E-state index contributed by atoms with van der Waals surface area (Å²) in [6, 6.07) is 3.32. The smallest absolute Gasteiger partial charge is 0.290 e. The first-order valence-electron chi connectivity index (χ1n) is 5.88. The standard InChI is InChI=1S/C12H19N3O2/c1-4-13-10(9(2)3)8-11-12(15(16)17)6-5-7-14-11/h5-7,9-10,13H,4,8H2,1-3H3. The van der Waals surface area contributed by atoms with Crippen molar-refractivity contribution < 1.29 is 4.92 Å². The summed E-state index contributed by atoms with van der Waals surface area (Å²) in [5, 5.41) is 14.2. The number of nitrogens with one attached hydrogen (secondary N) is 1. The molecule has 0 saturated heterocycles. The molecule has 94 valence electrons. The van der Waals surface area contributed by atoms with Crippen molar-refractivity contribution in [1.29, 1.82) is 0 Å². The van der Waals surface area contributed by atoms with Crippen molar-refractivity contribution in [3.05, 3.63) is 34.1 Å². The summed E-state index contributed by atoms with van der Waals surface area (Å²) in [5.41, 5.74) is 0.660. The number of hydrogen-bond acceptors (Lipinski definition) is 4. The average Bonchev–Trinajstić information content (AvgIpc) is 2.28. The first-order valence-corrected chi connectivity index (χ1v) is 5.88. The molecule has 0 spiro atoms. The zero-order valence-electron chi connectivity index (χ0n) is 10.5. The molecule has 0 bridgehead atoms. The average molecular weight is 237 g/mol. The molecule has 0 aliphatic rings. The van der Waals surface area contributed by atoms with E-state index in [4.69, 9.17) is 0 Å². The molecule has 0 aromatic carbocycles. The molecule has 1 aromatic heterocycles. The number of pyridine rings is 1. The van der Waals surface area contributed by atoms with E-state index in [0.717, 1.165) is 6.54 Å². The second-order valence-electron chi connectivity index (χ2n) is 4.34. The lowest BCUT2D eigenvalue weighted by atomic mass is 9.98. The Morgan fingerprint density at radius 1 is 1.53 bits per heavy atom. The maximum Gasteiger partial charge on any atom is 0.290 e. The van der Waals surface area contributed by atoms with Gasteiger partial charge in [-0.3, -0.25) is 15.1 Å². The minimum atomic E-state index is -0.369. The monoisotopic (exact) mass is 237 g/mol. The zero-order valence-corrected chi connectivity index (χ0v) is 10.5. The van der Waals surface area contributed by atoms with Crippen LogP contribution in [0, 0.1) is 16.0 Å². The zero-order chi connectivity index (χ0) is 12.8. The molecule has 0 radical (unpaired) electrons. The molecule has 0 aliphatic heterocycles. The van der Waals surface area contributed by atoms with Gasteiger partial charge in [-0.15, -0.1) is 0 Å². The molecule has 17 heavy (non-hydrogen) atoms. The summed E-state index contributed by atoms with van der Waals surface area (Å²) in [6.07, 6.45) is 2.19. The second-order valence-corrected chi connectivity index (χ2v) is 4.34. The van der Waals surface area contributed by atoms with Crippen LogP contribution in [-0.2, 0) is 6.42 Å². The fourth-order valence-electron chi connectivity index (χ4n) is 1.77. The quantitative estimate of drug-likeness (QED) is 0.608. The van der Waals surface area contributed by atoms with Crippen molar-refractivity contribution in [2.24, 2.45) is 5.92 Å². The Hall–Kier alpha value is -1.49. The SMILES string of the molecule is CCNC(Cc1ncccc1[N+](=O)[O-])C(C)C. The Morgan fingerprint density at radius 3 is 2.76 bits per heavy atom. The van der Waals surface area contributed by atoms with Gasteiger partial charge >= 0.3 is 0 Å². The predicted molar refractivity (Wildman–Crippen MR) is 66.9 cm³/mol. The van der Waals surface area contributed by atoms with Gasteiger partial charge in [-0.05, 0) is 18.5 Å². The number of rotatable bonds is 6. The number of likely N-dealkylation sites (N-methyl/N-ethyl adjacent to an activating group) is 1. The van der Waals surface area contributed by atoms with E-state index in [1.807, 2.05) is 6.92 Å². The fourth-order valence-corrected chi connectivity index (χ4v) is 1.77. The Morgan fingerprint density at radius 2 is 2.24 bits per heavy atom. The first-order chi connectivity index (χ1) is 8.06. The van der Waals surface area contributed by atoms with E-state index < -0.39 is 0 Å². The summed E-state index contributed by atoms with van der Waals surface area (Å²) in [7, 11) is 0. The van der Waals surface area contributed by atoms with E-state index in [1.54, 1.807) is 12.3 Å². The summed E-state index contributed by atoms with van der Waals surface area (Å²) in [4.78, 5) is 14.6. The summed E-state index contributed by atoms with van der Waals surface area (Å²) in [5.74, 6) is 0.413. The maximum absolute atomic E-state index is 10.9. The number of nitro groups is 1. The molecule has 0 saturated carbocycles. The molecule has 1 heterocycles. The van der Waals surface area contributed by atoms with Crippen molar-refractivity contribution >= 4 is 5.69 Å². The van der Waals surface area contributed by atoms with Crippen LogP contribution in [0.4, 0.5) is 5.69 Å². The highest BCUT2D eigenvalue weighted by molar-refractivity contribution is 5.34. The highest BCUT2D eigenvalue weighted by Crippen LogP contribution is 2.18. The van der Waals surface area contributed by atoms with Crippen molar-refractivity contribution in [3.63, 3.8) is 0 Å².